The molecule has 192 valence electrons. The van der Waals surface area contributed by atoms with Crippen LogP contribution in [0.5, 0.6) is 11.5 Å². The van der Waals surface area contributed by atoms with E-state index in [2.05, 4.69) is 6.58 Å². The lowest BCUT2D eigenvalue weighted by atomic mass is 10.1. The highest BCUT2D eigenvalue weighted by atomic mass is 16.5. The third-order valence-electron chi connectivity index (χ3n) is 4.10. The summed E-state index contributed by atoms with van der Waals surface area (Å²) in [4.78, 5) is 45.4. The summed E-state index contributed by atoms with van der Waals surface area (Å²) >= 11 is 0. The highest BCUT2D eigenvalue weighted by Gasteiger charge is 2.16. The van der Waals surface area contributed by atoms with Crippen LogP contribution < -0.4 is 15.2 Å². The van der Waals surface area contributed by atoms with E-state index in [-0.39, 0.29) is 25.6 Å². The molecule has 0 aliphatic heterocycles. The number of ether oxygens (including phenoxy) is 3. The average Bonchev–Trinajstić information content (AvgIpc) is 2.82. The maximum atomic E-state index is 12.3. The Morgan fingerprint density at radius 1 is 1.03 bits per heavy atom. The number of esters is 2. The van der Waals surface area contributed by atoms with E-state index < -0.39 is 23.8 Å². The molecular weight excluding hydrogens is 470 g/mol. The second kappa shape index (κ2) is 15.3. The third kappa shape index (κ3) is 11.0. The highest BCUT2D eigenvalue weighted by molar-refractivity contribution is 5.98. The van der Waals surface area contributed by atoms with E-state index >= 15 is 0 Å². The molecule has 0 aromatic heterocycles. The smallest absolute Gasteiger partial charge is 0.343 e. The molecule has 0 aliphatic carbocycles. The van der Waals surface area contributed by atoms with Gasteiger partial charge in [-0.2, -0.15) is 0 Å². The fourth-order valence-corrected chi connectivity index (χ4v) is 2.62. The van der Waals surface area contributed by atoms with Gasteiger partial charge in [-0.15, -0.1) is 6.58 Å². The van der Waals surface area contributed by atoms with E-state index in [0.29, 0.717) is 29.2 Å². The van der Waals surface area contributed by atoms with Crippen LogP contribution in [0.2, 0.25) is 0 Å². The first-order chi connectivity index (χ1) is 17.1. The molecule has 4 N–H and O–H groups in total. The molecule has 2 aromatic rings. The summed E-state index contributed by atoms with van der Waals surface area (Å²) in [6.45, 7) is 6.68. The van der Waals surface area contributed by atoms with Gasteiger partial charge in [0.15, 0.2) is 6.61 Å². The van der Waals surface area contributed by atoms with E-state index in [9.17, 15) is 14.4 Å². The molecule has 2 rings (SSSR count). The van der Waals surface area contributed by atoms with Crippen LogP contribution in [-0.2, 0) is 19.1 Å². The van der Waals surface area contributed by atoms with Crippen LogP contribution in [0.3, 0.4) is 0 Å². The quantitative estimate of drug-likeness (QED) is 0.138. The van der Waals surface area contributed by atoms with Crippen molar-refractivity contribution in [3.05, 3.63) is 72.3 Å². The minimum atomic E-state index is -0.833. The van der Waals surface area contributed by atoms with Crippen LogP contribution in [0.1, 0.15) is 29.8 Å². The number of aliphatic carboxylic acids is 1. The first-order valence-electron chi connectivity index (χ1n) is 10.7. The summed E-state index contributed by atoms with van der Waals surface area (Å²) in [7, 11) is 0. The Labute approximate surface area is 208 Å². The fraction of sp³-hybridized carbons (Fsp3) is 0.240. The summed E-state index contributed by atoms with van der Waals surface area (Å²) in [6.07, 6.45) is 1.59. The number of rotatable bonds is 11. The third-order valence-corrected chi connectivity index (χ3v) is 4.10. The number of nitrogens with one attached hydrogen (secondary N) is 1. The van der Waals surface area contributed by atoms with Crippen molar-refractivity contribution < 1.29 is 38.5 Å². The monoisotopic (exact) mass is 499 g/mol. The Balaban J connectivity index is 0.00000150. The maximum absolute atomic E-state index is 12.3. The van der Waals surface area contributed by atoms with Crippen molar-refractivity contribution in [1.82, 2.24) is 4.90 Å². The van der Waals surface area contributed by atoms with E-state index in [1.807, 2.05) is 0 Å². The number of carboxylic acid groups (broad SMARTS) is 1. The topological polar surface area (TPSA) is 169 Å². The van der Waals surface area contributed by atoms with E-state index in [1.165, 1.54) is 29.2 Å². The molecule has 0 fully saturated rings. The van der Waals surface area contributed by atoms with Crippen molar-refractivity contribution in [1.29, 1.82) is 5.41 Å². The molecule has 36 heavy (non-hydrogen) atoms. The molecule has 1 amide bonds. The Morgan fingerprint density at radius 3 is 2.06 bits per heavy atom. The molecule has 0 aliphatic rings. The van der Waals surface area contributed by atoms with Crippen molar-refractivity contribution in [2.75, 3.05) is 26.3 Å². The molecule has 0 saturated carbocycles. The van der Waals surface area contributed by atoms with Gasteiger partial charge in [0.1, 0.15) is 23.9 Å². The minimum absolute atomic E-state index is 0.0748. The average molecular weight is 500 g/mol. The molecule has 11 nitrogen and oxygen atoms in total. The highest BCUT2D eigenvalue weighted by Crippen LogP contribution is 2.17. The van der Waals surface area contributed by atoms with Gasteiger partial charge >= 0.3 is 11.9 Å². The molecule has 0 bridgehead atoms. The number of carbonyl (C=O) groups excluding carboxylic acids is 3. The maximum Gasteiger partial charge on any atom is 0.343 e. The molecular formula is C25H29N3O8. The van der Waals surface area contributed by atoms with Gasteiger partial charge in [0.2, 0.25) is 0 Å². The van der Waals surface area contributed by atoms with Crippen LogP contribution in [0.25, 0.3) is 0 Å². The predicted molar refractivity (Wildman–Crippen MR) is 131 cm³/mol. The van der Waals surface area contributed by atoms with Crippen LogP contribution in [-0.4, -0.2) is 66.0 Å². The van der Waals surface area contributed by atoms with Crippen molar-refractivity contribution in [3.63, 3.8) is 0 Å². The van der Waals surface area contributed by atoms with Gasteiger partial charge in [-0.3, -0.25) is 19.8 Å². The Morgan fingerprint density at radius 2 is 1.56 bits per heavy atom. The van der Waals surface area contributed by atoms with Crippen molar-refractivity contribution >= 4 is 29.7 Å². The zero-order chi connectivity index (χ0) is 27.1. The lowest BCUT2D eigenvalue weighted by Gasteiger charge is -2.22. The van der Waals surface area contributed by atoms with Gasteiger partial charge in [0.25, 0.3) is 11.9 Å². The summed E-state index contributed by atoms with van der Waals surface area (Å²) < 4.78 is 15.4. The summed E-state index contributed by atoms with van der Waals surface area (Å²) in [5.74, 6) is -1.64. The molecule has 0 atom stereocenters. The zero-order valence-corrected chi connectivity index (χ0v) is 20.1. The van der Waals surface area contributed by atoms with Gasteiger partial charge in [-0.1, -0.05) is 6.08 Å². The molecule has 2 aromatic carbocycles. The lowest BCUT2D eigenvalue weighted by molar-refractivity contribution is -0.143. The molecule has 0 radical (unpaired) electrons. The normalized spacial score (nSPS) is 9.61. The molecule has 0 saturated heterocycles. The zero-order valence-electron chi connectivity index (χ0n) is 20.1. The number of hydrogen-bond donors (Lipinski definition) is 3. The fourth-order valence-electron chi connectivity index (χ4n) is 2.62. The molecule has 0 unspecified atom stereocenters. The number of nitrogens with two attached hydrogens (primary N) is 1. The van der Waals surface area contributed by atoms with Crippen LogP contribution in [0, 0.1) is 5.41 Å². The number of amidine groups is 1. The summed E-state index contributed by atoms with van der Waals surface area (Å²) in [5.41, 5.74) is 5.85. The van der Waals surface area contributed by atoms with Gasteiger partial charge < -0.3 is 30.0 Å². The minimum Gasteiger partial charge on any atom is -0.484 e. The summed E-state index contributed by atoms with van der Waals surface area (Å²) in [6, 6.07) is 12.4. The van der Waals surface area contributed by atoms with Gasteiger partial charge in [-0.25, -0.2) is 4.79 Å². The second-order valence-corrected chi connectivity index (χ2v) is 7.04. The van der Waals surface area contributed by atoms with Crippen molar-refractivity contribution in [3.8, 4) is 11.5 Å². The van der Waals surface area contributed by atoms with E-state index in [4.69, 9.17) is 35.3 Å². The summed E-state index contributed by atoms with van der Waals surface area (Å²) in [5, 5.41) is 15.8. The Hall–Kier alpha value is -4.67. The Bertz CT molecular complexity index is 1060. The number of nitrogens with zero attached hydrogens (tertiary/aromatic N) is 1. The van der Waals surface area contributed by atoms with Gasteiger partial charge in [-0.05, 0) is 55.5 Å². The van der Waals surface area contributed by atoms with Gasteiger partial charge in [0.05, 0.1) is 12.2 Å². The molecule has 0 heterocycles. The van der Waals surface area contributed by atoms with Crippen LogP contribution in [0.4, 0.5) is 0 Å². The van der Waals surface area contributed by atoms with E-state index in [1.54, 1.807) is 37.3 Å². The van der Waals surface area contributed by atoms with Crippen LogP contribution >= 0.6 is 0 Å². The SMILES string of the molecule is C=CCN(CC(=O)OCC)C(=N)c1ccc(OC(=O)c2ccc(OCC(N)=O)cc2)cc1.CC(=O)O. The van der Waals surface area contributed by atoms with Gasteiger partial charge in [0, 0.05) is 19.0 Å². The second-order valence-electron chi connectivity index (χ2n) is 7.04. The predicted octanol–water partition coefficient (Wildman–Crippen LogP) is 2.24. The lowest BCUT2D eigenvalue weighted by Crippen LogP contribution is -2.36. The van der Waals surface area contributed by atoms with Crippen molar-refractivity contribution in [2.45, 2.75) is 13.8 Å². The number of primary amides is 1. The largest absolute Gasteiger partial charge is 0.484 e. The van der Waals surface area contributed by atoms with E-state index in [0.717, 1.165) is 6.92 Å². The first kappa shape index (κ1) is 29.4. The molecule has 11 heteroatoms. The first-order valence-corrected chi connectivity index (χ1v) is 10.7. The standard InChI is InChI=1S/C23H25N3O6.C2H4O2/c1-3-13-26(14-21(28)30-4-2)22(25)16-5-11-19(12-6-16)32-23(29)17-7-9-18(10-8-17)31-15-20(24)27;1-2(3)4/h3,5-12,25H,1,4,13-15H2,2H3,(H2,24,27);1H3,(H,3,4). The molecule has 0 spiro atoms. The van der Waals surface area contributed by atoms with Crippen molar-refractivity contribution in [2.24, 2.45) is 5.73 Å². The number of carboxylic acids is 1. The number of carbonyl (C=O) groups is 4. The Kier molecular flexibility index (Phi) is 12.5. The number of benzene rings is 2. The number of hydrogen-bond acceptors (Lipinski definition) is 8. The van der Waals surface area contributed by atoms with Crippen LogP contribution in [0.15, 0.2) is 61.2 Å². The number of amides is 1.